The molecule has 584 valence electrons. The molecule has 0 aliphatic heterocycles. The maximum absolute atomic E-state index is 11.8. The summed E-state index contributed by atoms with van der Waals surface area (Å²) in [6, 6.07) is 126. The first-order valence-electron chi connectivity index (χ1n) is 39.7. The van der Waals surface area contributed by atoms with E-state index in [1.807, 2.05) is 57.5 Å². The molecule has 0 N–H and O–H groups in total. The lowest BCUT2D eigenvalue weighted by atomic mass is 9.90. The highest BCUT2D eigenvalue weighted by molar-refractivity contribution is 14.1. The zero-order valence-corrected chi connectivity index (χ0v) is 73.4. The number of rotatable bonds is 24. The Morgan fingerprint density at radius 3 is 0.717 bits per heavy atom. The predicted molar refractivity (Wildman–Crippen MR) is 533 cm³/mol. The molecule has 0 atom stereocenters. The minimum atomic E-state index is -0.204. The average Bonchev–Trinajstić information content (AvgIpc) is 1.29. The van der Waals surface area contributed by atoms with Gasteiger partial charge < -0.3 is 19.3 Å². The van der Waals surface area contributed by atoms with Crippen LogP contribution in [-0.4, -0.2) is 26.2 Å². The number of para-hydroxylation sites is 2. The normalized spacial score (nSPS) is 11.6. The van der Waals surface area contributed by atoms with Crippen molar-refractivity contribution in [3.63, 3.8) is 0 Å². The Labute approximate surface area is 743 Å². The third-order valence-corrected chi connectivity index (χ3v) is 27.0. The van der Waals surface area contributed by atoms with E-state index in [2.05, 4.69) is 443 Å². The monoisotopic (exact) mass is 1850 g/mol. The number of methoxy groups -OCH3 is 2. The van der Waals surface area contributed by atoms with Crippen molar-refractivity contribution in [1.29, 1.82) is 0 Å². The van der Waals surface area contributed by atoms with Crippen LogP contribution in [0.3, 0.4) is 0 Å². The van der Waals surface area contributed by atoms with Crippen molar-refractivity contribution in [3.8, 4) is 41.8 Å². The standard InChI is InChI=1S/C70H56N2O4S2.C38H24I2S2/c1-75-67(73)47-31-51-25-37-57(38-26-51)71(53-13-5-3-6-14-53)55-33-21-49(22-34-55)29-41-59-43-45-65(77-59)69-61-17-9-11-19-63(61)70(64-20-12-10-18-62(64)69)66-46-44-60(78-66)42-30-50-23-35-56(36-24-50)72(54-15-7-4-8-16-54)58-39-27-52(28-40-58)32-48-68(74)76-2;39-27-15-9-25(10-16-27)13-19-29-21-23-35(41-29)37-31-5-1-2-6-32(31)38(34-8-4-3-7-33(34)37)36-24-22-30(42-36)20-14-26-11-17-28(40)18-12-26/h3-30,33-46H,31-32,47-48H2,1-2H3;1-24H/b41-29+,42-30+;19-13+,20-14+. The lowest BCUT2D eigenvalue weighted by Crippen LogP contribution is -2.10. The van der Waals surface area contributed by atoms with Crippen molar-refractivity contribution < 1.29 is 19.1 Å². The summed E-state index contributed by atoms with van der Waals surface area (Å²) in [4.78, 5) is 38.0. The molecule has 0 aliphatic carbocycles. The van der Waals surface area contributed by atoms with Gasteiger partial charge in [-0.1, -0.05) is 231 Å². The molecule has 12 heteroatoms. The van der Waals surface area contributed by atoms with E-state index < -0.39 is 0 Å². The molecule has 18 aromatic rings. The van der Waals surface area contributed by atoms with Crippen LogP contribution in [0.15, 0.2) is 352 Å². The number of hydrogen-bond donors (Lipinski definition) is 0. The molecule has 6 nitrogen and oxygen atoms in total. The highest BCUT2D eigenvalue weighted by atomic mass is 127. The van der Waals surface area contributed by atoms with Gasteiger partial charge >= 0.3 is 11.9 Å². The van der Waals surface area contributed by atoms with Crippen molar-refractivity contribution in [2.24, 2.45) is 0 Å². The summed E-state index contributed by atoms with van der Waals surface area (Å²) in [5.41, 5.74) is 18.3. The number of carbonyl (C=O) groups excluding carboxylic acids is 2. The number of esters is 2. The third kappa shape index (κ3) is 18.7. The summed E-state index contributed by atoms with van der Waals surface area (Å²) in [7, 11) is 2.86. The SMILES string of the molecule is COC(=O)CCc1ccc(N(c2ccccc2)c2ccc(/C=C/c3ccc(-c4c5ccccc5c(-c5ccc(/C=C/c6ccc(N(c7ccccc7)c7ccc(CCC(=O)OC)cc7)cc6)s5)c5ccccc45)s3)cc2)cc1.Ic1ccc(/C=C/c2ccc(-c3c4ccccc4c(-c4ccc(/C=C/c5ccc(I)cc5)s4)c4ccccc34)s2)cc1. The minimum Gasteiger partial charge on any atom is -0.469 e. The molecule has 14 aromatic carbocycles. The number of thiophene rings is 4. The number of halogens is 2. The minimum absolute atomic E-state index is 0.204. The van der Waals surface area contributed by atoms with E-state index in [0.717, 1.165) is 56.4 Å². The largest absolute Gasteiger partial charge is 0.469 e. The quantitative estimate of drug-likeness (QED) is 0.0341. The second-order valence-corrected chi connectivity index (χ2v) is 35.9. The van der Waals surface area contributed by atoms with Crippen molar-refractivity contribution in [2.45, 2.75) is 25.7 Å². The number of nitrogens with zero attached hydrogens (tertiary/aromatic N) is 2. The van der Waals surface area contributed by atoms with E-state index >= 15 is 0 Å². The smallest absolute Gasteiger partial charge is 0.305 e. The van der Waals surface area contributed by atoms with Gasteiger partial charge in [-0.25, -0.2) is 0 Å². The van der Waals surface area contributed by atoms with Gasteiger partial charge in [0.05, 0.1) is 14.2 Å². The zero-order valence-electron chi connectivity index (χ0n) is 65.8. The molecule has 0 spiro atoms. The second kappa shape index (κ2) is 37.9. The summed E-state index contributed by atoms with van der Waals surface area (Å²) in [5, 5.41) is 10.1. The van der Waals surface area contributed by atoms with Crippen molar-refractivity contribution in [1.82, 2.24) is 0 Å². The Kier molecular flexibility index (Phi) is 25.3. The topological polar surface area (TPSA) is 59.1 Å². The first kappa shape index (κ1) is 80.3. The number of anilines is 6. The maximum Gasteiger partial charge on any atom is 0.305 e. The molecule has 0 fully saturated rings. The van der Waals surface area contributed by atoms with Crippen LogP contribution in [-0.2, 0) is 31.9 Å². The first-order valence-corrected chi connectivity index (χ1v) is 45.2. The molecule has 0 amide bonds. The fourth-order valence-corrected chi connectivity index (χ4v) is 20.0. The Morgan fingerprint density at radius 2 is 0.475 bits per heavy atom. The molecule has 0 aliphatic rings. The van der Waals surface area contributed by atoms with E-state index in [1.54, 1.807) is 0 Å². The molecule has 0 bridgehead atoms. The van der Waals surface area contributed by atoms with Gasteiger partial charge in [0.2, 0.25) is 0 Å². The second-order valence-electron chi connectivity index (χ2n) is 28.9. The van der Waals surface area contributed by atoms with Crippen LogP contribution in [0.2, 0.25) is 0 Å². The fourth-order valence-electron chi connectivity index (χ4n) is 15.3. The van der Waals surface area contributed by atoms with E-state index in [-0.39, 0.29) is 11.9 Å². The summed E-state index contributed by atoms with van der Waals surface area (Å²) >= 11 is 12.0. The number of carbonyl (C=O) groups is 2. The lowest BCUT2D eigenvalue weighted by Gasteiger charge is -2.25. The number of ether oxygens (including phenoxy) is 2. The highest BCUT2D eigenvalue weighted by Gasteiger charge is 2.22. The van der Waals surface area contributed by atoms with E-state index in [9.17, 15) is 9.59 Å². The number of aryl methyl sites for hydroxylation is 2. The number of benzene rings is 14. The van der Waals surface area contributed by atoms with Gasteiger partial charge in [0.25, 0.3) is 0 Å². The van der Waals surface area contributed by atoms with Crippen LogP contribution < -0.4 is 9.80 Å². The molecule has 4 aromatic heterocycles. The number of hydrogen-bond acceptors (Lipinski definition) is 10. The predicted octanol–water partition coefficient (Wildman–Crippen LogP) is 31.9. The van der Waals surface area contributed by atoms with E-state index in [0.29, 0.717) is 25.7 Å². The van der Waals surface area contributed by atoms with Gasteiger partial charge in [-0.05, 0) is 304 Å². The zero-order chi connectivity index (χ0) is 81.7. The van der Waals surface area contributed by atoms with Crippen LogP contribution in [0.1, 0.15) is 65.7 Å². The van der Waals surface area contributed by atoms with Gasteiger partial charge in [0.1, 0.15) is 0 Å². The van der Waals surface area contributed by atoms with E-state index in [4.69, 9.17) is 9.47 Å². The van der Waals surface area contributed by atoms with E-state index in [1.165, 1.54) is 137 Å². The van der Waals surface area contributed by atoms with Crippen LogP contribution in [0, 0.1) is 7.14 Å². The molecule has 0 saturated heterocycles. The first-order chi connectivity index (χ1) is 59.0. The van der Waals surface area contributed by atoms with Crippen LogP contribution in [0.5, 0.6) is 0 Å². The Morgan fingerprint density at radius 1 is 0.258 bits per heavy atom. The van der Waals surface area contributed by atoms with Gasteiger partial charge in [-0.15, -0.1) is 45.3 Å². The van der Waals surface area contributed by atoms with Gasteiger partial charge in [0, 0.05) is 115 Å². The van der Waals surface area contributed by atoms with Crippen LogP contribution >= 0.6 is 90.5 Å². The lowest BCUT2D eigenvalue weighted by molar-refractivity contribution is -0.141. The molecular formula is C108H80I2N2O4S4. The molecule has 0 saturated carbocycles. The molecule has 4 heterocycles. The summed E-state index contributed by atoms with van der Waals surface area (Å²) < 4.78 is 12.2. The van der Waals surface area contributed by atoms with Crippen LogP contribution in [0.4, 0.5) is 34.1 Å². The fraction of sp³-hybridized carbons (Fsp3) is 0.0556. The number of fused-ring (bicyclic) bond motifs is 4. The molecular weight excluding hydrogens is 1770 g/mol. The molecule has 0 unspecified atom stereocenters. The van der Waals surface area contributed by atoms with Gasteiger partial charge in [-0.2, -0.15) is 0 Å². The Hall–Kier alpha value is -12.1. The molecule has 120 heavy (non-hydrogen) atoms. The Balaban J connectivity index is 0.000000205. The summed E-state index contributed by atoms with van der Waals surface area (Å²) in [6.07, 6.45) is 19.7. The van der Waals surface area contributed by atoms with Crippen LogP contribution in [0.25, 0.3) is 133 Å². The molecule has 18 rings (SSSR count). The molecule has 0 radical (unpaired) electrons. The third-order valence-electron chi connectivity index (χ3n) is 21.3. The maximum atomic E-state index is 11.8. The van der Waals surface area contributed by atoms with Gasteiger partial charge in [0.15, 0.2) is 0 Å². The Bertz CT molecular complexity index is 6260. The highest BCUT2D eigenvalue weighted by Crippen LogP contribution is 2.50. The van der Waals surface area contributed by atoms with Gasteiger partial charge in [-0.3, -0.25) is 9.59 Å². The summed E-state index contributed by atoms with van der Waals surface area (Å²) in [6.45, 7) is 0. The summed E-state index contributed by atoms with van der Waals surface area (Å²) in [5.74, 6) is -0.407. The van der Waals surface area contributed by atoms with Crippen molar-refractivity contribution >= 4 is 228 Å². The van der Waals surface area contributed by atoms with Crippen molar-refractivity contribution in [2.75, 3.05) is 24.0 Å². The average molecular weight is 1850 g/mol. The van der Waals surface area contributed by atoms with Crippen molar-refractivity contribution in [3.05, 3.63) is 412 Å².